The first-order valence-electron chi connectivity index (χ1n) is 7.19. The number of thiophene rings is 1. The van der Waals surface area contributed by atoms with Crippen molar-refractivity contribution >= 4 is 37.0 Å². The Labute approximate surface area is 135 Å². The number of hydrogen-bond acceptors (Lipinski definition) is 4. The van der Waals surface area contributed by atoms with E-state index in [0.717, 1.165) is 55.0 Å². The van der Waals surface area contributed by atoms with Crippen LogP contribution in [0.1, 0.15) is 44.4 Å². The Morgan fingerprint density at radius 2 is 1.76 bits per heavy atom. The molecule has 1 heterocycles. The minimum absolute atomic E-state index is 0.0530. The molecular weight excluding hydrogens is 330 g/mol. The van der Waals surface area contributed by atoms with Crippen molar-refractivity contribution in [2.24, 2.45) is 0 Å². The third-order valence-corrected chi connectivity index (χ3v) is 6.30. The van der Waals surface area contributed by atoms with E-state index in [2.05, 4.69) is 13.8 Å². The second-order valence-electron chi connectivity index (χ2n) is 4.92. The predicted molar refractivity (Wildman–Crippen MR) is 87.5 cm³/mol. The summed E-state index contributed by atoms with van der Waals surface area (Å²) < 4.78 is 22.6. The summed E-state index contributed by atoms with van der Waals surface area (Å²) in [6, 6.07) is 3.12. The van der Waals surface area contributed by atoms with E-state index >= 15 is 0 Å². The van der Waals surface area contributed by atoms with E-state index < -0.39 is 9.05 Å². The molecule has 0 atom stereocenters. The molecule has 7 heteroatoms. The Morgan fingerprint density at radius 3 is 2.19 bits per heavy atom. The normalized spacial score (nSPS) is 11.6. The van der Waals surface area contributed by atoms with Crippen molar-refractivity contribution in [1.82, 2.24) is 4.90 Å². The molecule has 120 valence electrons. The number of carbonyl (C=O) groups excluding carboxylic acids is 1. The number of rotatable bonds is 9. The van der Waals surface area contributed by atoms with Crippen LogP contribution in [0, 0.1) is 0 Å². The zero-order chi connectivity index (χ0) is 15.9. The van der Waals surface area contributed by atoms with E-state index in [1.165, 1.54) is 6.07 Å². The van der Waals surface area contributed by atoms with E-state index in [0.29, 0.717) is 0 Å². The number of halogens is 1. The van der Waals surface area contributed by atoms with Gasteiger partial charge in [-0.2, -0.15) is 0 Å². The number of amides is 1. The molecule has 0 saturated heterocycles. The predicted octanol–water partition coefficient (Wildman–Crippen LogP) is 3.65. The number of nitrogens with zero attached hydrogens (tertiary/aromatic N) is 1. The lowest BCUT2D eigenvalue weighted by molar-refractivity contribution is -0.130. The van der Waals surface area contributed by atoms with Crippen LogP contribution in [0.2, 0.25) is 0 Å². The summed E-state index contributed by atoms with van der Waals surface area (Å²) in [4.78, 5) is 14.9. The third kappa shape index (κ3) is 6.36. The number of hydrogen-bond donors (Lipinski definition) is 0. The van der Waals surface area contributed by atoms with Crippen LogP contribution in [0.3, 0.4) is 0 Å². The first-order chi connectivity index (χ1) is 9.88. The highest BCUT2D eigenvalue weighted by atomic mass is 35.7. The quantitative estimate of drug-likeness (QED) is 0.638. The van der Waals surface area contributed by atoms with Gasteiger partial charge in [-0.1, -0.05) is 26.7 Å². The molecule has 4 nitrogen and oxygen atoms in total. The van der Waals surface area contributed by atoms with Crippen molar-refractivity contribution in [2.75, 3.05) is 13.1 Å². The zero-order valence-electron chi connectivity index (χ0n) is 12.5. The molecule has 0 radical (unpaired) electrons. The Bertz CT molecular complexity index is 546. The van der Waals surface area contributed by atoms with Gasteiger partial charge in [0.1, 0.15) is 4.21 Å². The molecule has 0 aliphatic carbocycles. The maximum absolute atomic E-state index is 12.3. The summed E-state index contributed by atoms with van der Waals surface area (Å²) >= 11 is 1.07. The summed E-state index contributed by atoms with van der Waals surface area (Å²) in [6.45, 7) is 5.72. The molecule has 0 N–H and O–H groups in total. The largest absolute Gasteiger partial charge is 0.342 e. The van der Waals surface area contributed by atoms with Crippen LogP contribution < -0.4 is 0 Å². The lowest BCUT2D eigenvalue weighted by Crippen LogP contribution is -2.33. The van der Waals surface area contributed by atoms with Gasteiger partial charge in [-0.3, -0.25) is 4.79 Å². The molecule has 0 spiro atoms. The fourth-order valence-electron chi connectivity index (χ4n) is 1.90. The molecule has 0 aromatic carbocycles. The highest BCUT2D eigenvalue weighted by molar-refractivity contribution is 8.15. The fraction of sp³-hybridized carbons (Fsp3) is 0.643. The van der Waals surface area contributed by atoms with Crippen LogP contribution in [0.15, 0.2) is 16.3 Å². The van der Waals surface area contributed by atoms with E-state index in [9.17, 15) is 13.2 Å². The number of carbonyl (C=O) groups is 1. The van der Waals surface area contributed by atoms with Gasteiger partial charge in [-0.15, -0.1) is 11.3 Å². The molecule has 0 fully saturated rings. The molecule has 1 rings (SSSR count). The minimum Gasteiger partial charge on any atom is -0.342 e. The topological polar surface area (TPSA) is 54.5 Å². The zero-order valence-corrected chi connectivity index (χ0v) is 14.9. The summed E-state index contributed by atoms with van der Waals surface area (Å²) in [5.41, 5.74) is 0. The van der Waals surface area contributed by atoms with E-state index in [1.807, 2.05) is 4.90 Å². The van der Waals surface area contributed by atoms with Gasteiger partial charge in [0.25, 0.3) is 9.05 Å². The molecule has 1 aromatic heterocycles. The second-order valence-corrected chi connectivity index (χ2v) is 8.88. The van der Waals surface area contributed by atoms with Gasteiger partial charge in [0.05, 0.1) is 6.42 Å². The lowest BCUT2D eigenvalue weighted by Gasteiger charge is -2.22. The summed E-state index contributed by atoms with van der Waals surface area (Å²) in [5.74, 6) is 0.0530. The molecule has 0 aliphatic heterocycles. The van der Waals surface area contributed by atoms with Crippen molar-refractivity contribution in [2.45, 2.75) is 50.2 Å². The van der Waals surface area contributed by atoms with Crippen LogP contribution >= 0.6 is 22.0 Å². The lowest BCUT2D eigenvalue weighted by atomic mass is 10.2. The van der Waals surface area contributed by atoms with E-state index in [1.54, 1.807) is 6.07 Å². The summed E-state index contributed by atoms with van der Waals surface area (Å²) in [6.07, 6.45) is 4.31. The van der Waals surface area contributed by atoms with Gasteiger partial charge in [0.2, 0.25) is 5.91 Å². The number of unbranched alkanes of at least 4 members (excludes halogenated alkanes) is 2. The molecular formula is C14H22ClNO3S2. The highest BCUT2D eigenvalue weighted by Gasteiger charge is 2.17. The smallest absolute Gasteiger partial charge is 0.270 e. The van der Waals surface area contributed by atoms with Crippen molar-refractivity contribution in [1.29, 1.82) is 0 Å². The summed E-state index contributed by atoms with van der Waals surface area (Å²) in [5, 5.41) is 0. The van der Waals surface area contributed by atoms with Gasteiger partial charge < -0.3 is 4.90 Å². The maximum atomic E-state index is 12.3. The van der Waals surface area contributed by atoms with E-state index in [4.69, 9.17) is 10.7 Å². The van der Waals surface area contributed by atoms with Gasteiger partial charge >= 0.3 is 0 Å². The molecule has 1 aromatic rings. The molecule has 0 unspecified atom stereocenters. The van der Waals surface area contributed by atoms with Gasteiger partial charge in [-0.25, -0.2) is 8.42 Å². The van der Waals surface area contributed by atoms with Crippen LogP contribution in [0.5, 0.6) is 0 Å². The average molecular weight is 352 g/mol. The van der Waals surface area contributed by atoms with Crippen molar-refractivity contribution in [3.05, 3.63) is 17.0 Å². The van der Waals surface area contributed by atoms with Crippen molar-refractivity contribution < 1.29 is 13.2 Å². The average Bonchev–Trinajstić information content (AvgIpc) is 2.87. The molecule has 0 aliphatic rings. The highest BCUT2D eigenvalue weighted by Crippen LogP contribution is 2.25. The SMILES string of the molecule is CCCCN(CCCC)C(=O)Cc1ccc(S(=O)(=O)Cl)s1. The Morgan fingerprint density at radius 1 is 1.19 bits per heavy atom. The van der Waals surface area contributed by atoms with Crippen LogP contribution in [0.25, 0.3) is 0 Å². The van der Waals surface area contributed by atoms with Gasteiger partial charge in [-0.05, 0) is 25.0 Å². The third-order valence-electron chi connectivity index (χ3n) is 3.12. The van der Waals surface area contributed by atoms with Crippen LogP contribution in [-0.2, 0) is 20.3 Å². The minimum atomic E-state index is -3.70. The van der Waals surface area contributed by atoms with Gasteiger partial charge in [0, 0.05) is 28.6 Å². The van der Waals surface area contributed by atoms with Crippen LogP contribution in [-0.4, -0.2) is 32.3 Å². The van der Waals surface area contributed by atoms with Crippen molar-refractivity contribution in [3.8, 4) is 0 Å². The monoisotopic (exact) mass is 351 g/mol. The first-order valence-corrected chi connectivity index (χ1v) is 10.3. The molecule has 0 saturated carbocycles. The fourth-order valence-corrected chi connectivity index (χ4v) is 4.02. The second kappa shape index (κ2) is 8.76. The molecule has 0 bridgehead atoms. The Kier molecular flexibility index (Phi) is 7.70. The Hall–Kier alpha value is -0.590. The van der Waals surface area contributed by atoms with Crippen LogP contribution in [0.4, 0.5) is 0 Å². The first kappa shape index (κ1) is 18.5. The maximum Gasteiger partial charge on any atom is 0.270 e. The van der Waals surface area contributed by atoms with E-state index in [-0.39, 0.29) is 16.5 Å². The standard InChI is InChI=1S/C14H22ClNO3S2/c1-3-5-9-16(10-6-4-2)13(17)11-12-7-8-14(20-12)21(15,18)19/h7-8H,3-6,9-11H2,1-2H3. The molecule has 1 amide bonds. The van der Waals surface area contributed by atoms with Crippen molar-refractivity contribution in [3.63, 3.8) is 0 Å². The summed E-state index contributed by atoms with van der Waals surface area (Å²) in [7, 11) is 1.59. The molecule has 21 heavy (non-hydrogen) atoms. The van der Waals surface area contributed by atoms with Gasteiger partial charge in [0.15, 0.2) is 0 Å². The Balaban J connectivity index is 2.69.